The lowest BCUT2D eigenvalue weighted by Gasteiger charge is -2.48. The van der Waals surface area contributed by atoms with E-state index in [1.165, 1.54) is 16.7 Å². The molecule has 0 unspecified atom stereocenters. The van der Waals surface area contributed by atoms with E-state index >= 15 is 0 Å². The number of piperidine rings is 1. The third kappa shape index (κ3) is 12.4. The van der Waals surface area contributed by atoms with E-state index in [0.29, 0.717) is 0 Å². The molecule has 1 aromatic carbocycles. The number of hydrogen-bond acceptors (Lipinski definition) is 7. The average molecular weight is 572 g/mol. The molecule has 0 aliphatic carbocycles. The molecule has 3 rings (SSSR count). The molecular weight excluding hydrogens is 514 g/mol. The summed E-state index contributed by atoms with van der Waals surface area (Å²) in [6.45, 7) is 20.4. The van der Waals surface area contributed by atoms with Crippen LogP contribution in [0.15, 0.2) is 66.5 Å². The molecule has 2 heterocycles. The number of rotatable bonds is 7. The summed E-state index contributed by atoms with van der Waals surface area (Å²) >= 11 is 0. The second-order valence-corrected chi connectivity index (χ2v) is 10.7. The minimum absolute atomic E-state index is 0.0853. The van der Waals surface area contributed by atoms with Crippen LogP contribution in [0.4, 0.5) is 0 Å². The van der Waals surface area contributed by atoms with Crippen LogP contribution in [0.25, 0.3) is 0 Å². The number of nitrogens with zero attached hydrogens (tertiary/aromatic N) is 3. The van der Waals surface area contributed by atoms with Gasteiger partial charge in [0.15, 0.2) is 0 Å². The molecule has 2 aliphatic heterocycles. The monoisotopic (exact) mass is 571 g/mol. The maximum atomic E-state index is 5.46. The molecule has 7 heteroatoms. The highest BCUT2D eigenvalue weighted by molar-refractivity contribution is 5.38. The van der Waals surface area contributed by atoms with Crippen LogP contribution in [-0.2, 0) is 16.0 Å². The van der Waals surface area contributed by atoms with Crippen LogP contribution in [0.3, 0.4) is 0 Å². The maximum Gasteiger partial charge on any atom is 0.122 e. The summed E-state index contributed by atoms with van der Waals surface area (Å²) in [6.07, 6.45) is 11.1. The van der Waals surface area contributed by atoms with Gasteiger partial charge in [-0.2, -0.15) is 0 Å². The van der Waals surface area contributed by atoms with Crippen molar-refractivity contribution in [1.82, 2.24) is 14.7 Å². The Morgan fingerprint density at radius 1 is 1.00 bits per heavy atom. The zero-order valence-electron chi connectivity index (χ0n) is 27.4. The molecule has 0 N–H and O–H groups in total. The first-order chi connectivity index (χ1) is 19.6. The van der Waals surface area contributed by atoms with E-state index < -0.39 is 0 Å². The van der Waals surface area contributed by atoms with Crippen molar-refractivity contribution in [2.75, 3.05) is 75.4 Å². The van der Waals surface area contributed by atoms with E-state index in [0.717, 1.165) is 82.3 Å². The SMILES string of the molecule is C=C(CC)OC.C=C1/C=C/C2(CCN(Cc3cc(OC)cc(OC)c3)CC2)N(CC)CN(C)C/C(=C/C)C1.COC. The van der Waals surface area contributed by atoms with Gasteiger partial charge in [0.25, 0.3) is 0 Å². The first-order valence-corrected chi connectivity index (χ1v) is 14.6. The van der Waals surface area contributed by atoms with Crippen molar-refractivity contribution < 1.29 is 18.9 Å². The van der Waals surface area contributed by atoms with E-state index in [-0.39, 0.29) is 5.54 Å². The standard InChI is InChI=1S/C27H41N3O2.C5H10O.C2H6O/c1-7-23-15-22(3)9-10-27(30(8-2)21-28(4)19-23)11-13-29(14-12-27)20-24-16-25(31-5)18-26(17-24)32-6;1-4-5(2)6-3;1-3-2/h7,9-10,16-18H,3,8,11-15,19-21H2,1-2,4-6H3;2,4H2,1,3H3;1-2H3/b10-9+,23-7+;;. The van der Waals surface area contributed by atoms with Gasteiger partial charge in [-0.15, -0.1) is 0 Å². The Kier molecular flexibility index (Phi) is 17.4. The Hall–Kier alpha value is -2.58. The second-order valence-electron chi connectivity index (χ2n) is 10.7. The van der Waals surface area contributed by atoms with Crippen LogP contribution >= 0.6 is 0 Å². The van der Waals surface area contributed by atoms with Crippen molar-refractivity contribution in [2.24, 2.45) is 0 Å². The van der Waals surface area contributed by atoms with E-state index in [1.54, 1.807) is 35.5 Å². The molecule has 1 fully saturated rings. The molecule has 41 heavy (non-hydrogen) atoms. The summed E-state index contributed by atoms with van der Waals surface area (Å²) in [7, 11) is 10.5. The zero-order valence-corrected chi connectivity index (χ0v) is 27.4. The minimum atomic E-state index is 0.0853. The lowest BCUT2D eigenvalue weighted by molar-refractivity contribution is 0.0227. The van der Waals surface area contributed by atoms with Crippen molar-refractivity contribution in [2.45, 2.75) is 58.5 Å². The Bertz CT molecular complexity index is 952. The largest absolute Gasteiger partial charge is 0.502 e. The first kappa shape index (κ1) is 36.4. The summed E-state index contributed by atoms with van der Waals surface area (Å²) in [5.74, 6) is 2.54. The number of ether oxygens (including phenoxy) is 4. The Morgan fingerprint density at radius 2 is 1.59 bits per heavy atom. The van der Waals surface area contributed by atoms with Gasteiger partial charge in [0.1, 0.15) is 11.5 Å². The lowest BCUT2D eigenvalue weighted by Crippen LogP contribution is -2.56. The first-order valence-electron chi connectivity index (χ1n) is 14.6. The van der Waals surface area contributed by atoms with Gasteiger partial charge in [-0.3, -0.25) is 14.7 Å². The smallest absolute Gasteiger partial charge is 0.122 e. The van der Waals surface area contributed by atoms with E-state index in [4.69, 9.17) is 14.2 Å². The summed E-state index contributed by atoms with van der Waals surface area (Å²) < 4.78 is 19.9. The molecular formula is C34H57N3O4. The van der Waals surface area contributed by atoms with Gasteiger partial charge in [0.2, 0.25) is 0 Å². The maximum absolute atomic E-state index is 5.46. The van der Waals surface area contributed by atoms with E-state index in [2.05, 4.69) is 83.9 Å². The highest BCUT2D eigenvalue weighted by atomic mass is 16.5. The Labute approximate surface area is 251 Å². The van der Waals surface area contributed by atoms with Crippen molar-refractivity contribution in [3.8, 4) is 11.5 Å². The molecule has 232 valence electrons. The van der Waals surface area contributed by atoms with Crippen LogP contribution in [-0.4, -0.2) is 95.7 Å². The van der Waals surface area contributed by atoms with E-state index in [9.17, 15) is 0 Å². The van der Waals surface area contributed by atoms with E-state index in [1.807, 2.05) is 13.0 Å². The normalized spacial score (nSPS) is 19.8. The molecule has 0 atom stereocenters. The quantitative estimate of drug-likeness (QED) is 0.272. The predicted octanol–water partition coefficient (Wildman–Crippen LogP) is 6.53. The van der Waals surface area contributed by atoms with Crippen LogP contribution in [0.5, 0.6) is 11.5 Å². The Morgan fingerprint density at radius 3 is 2.02 bits per heavy atom. The third-order valence-corrected chi connectivity index (χ3v) is 7.61. The molecule has 1 spiro atoms. The van der Waals surface area contributed by atoms with Gasteiger partial charge in [0.05, 0.1) is 33.8 Å². The molecule has 1 saturated heterocycles. The number of benzene rings is 1. The second kappa shape index (κ2) is 19.5. The molecule has 0 aromatic heterocycles. The van der Waals surface area contributed by atoms with Crippen LogP contribution in [0.1, 0.15) is 52.0 Å². The van der Waals surface area contributed by atoms with Crippen LogP contribution in [0, 0.1) is 0 Å². The molecule has 0 saturated carbocycles. The van der Waals surface area contributed by atoms with Crippen molar-refractivity contribution in [1.29, 1.82) is 0 Å². The van der Waals surface area contributed by atoms with Gasteiger partial charge in [-0.25, -0.2) is 0 Å². The Balaban J connectivity index is 0.000000815. The fourth-order valence-corrected chi connectivity index (χ4v) is 5.16. The van der Waals surface area contributed by atoms with Gasteiger partial charge in [-0.1, -0.05) is 56.4 Å². The fourth-order valence-electron chi connectivity index (χ4n) is 5.16. The van der Waals surface area contributed by atoms with Gasteiger partial charge >= 0.3 is 0 Å². The molecule has 2 aliphatic rings. The predicted molar refractivity (Wildman–Crippen MR) is 173 cm³/mol. The molecule has 0 bridgehead atoms. The van der Waals surface area contributed by atoms with Crippen molar-refractivity contribution in [3.05, 3.63) is 72.1 Å². The van der Waals surface area contributed by atoms with Crippen LogP contribution < -0.4 is 9.47 Å². The number of likely N-dealkylation sites (tertiary alicyclic amines) is 1. The third-order valence-electron chi connectivity index (χ3n) is 7.61. The highest BCUT2D eigenvalue weighted by Crippen LogP contribution is 2.33. The zero-order chi connectivity index (χ0) is 30.8. The summed E-state index contributed by atoms with van der Waals surface area (Å²) in [4.78, 5) is 7.65. The summed E-state index contributed by atoms with van der Waals surface area (Å²) in [5.41, 5.74) is 3.97. The van der Waals surface area contributed by atoms with Gasteiger partial charge in [-0.05, 0) is 57.5 Å². The molecule has 7 nitrogen and oxygen atoms in total. The number of likely N-dealkylation sites (N-methyl/N-ethyl adjacent to an activating group) is 2. The molecule has 0 amide bonds. The van der Waals surface area contributed by atoms with Crippen molar-refractivity contribution in [3.63, 3.8) is 0 Å². The molecule has 0 radical (unpaired) electrons. The minimum Gasteiger partial charge on any atom is -0.502 e. The number of methoxy groups -OCH3 is 4. The lowest BCUT2D eigenvalue weighted by atomic mass is 9.84. The van der Waals surface area contributed by atoms with Crippen LogP contribution in [0.2, 0.25) is 0 Å². The summed E-state index contributed by atoms with van der Waals surface area (Å²) in [6, 6.07) is 6.17. The molecule has 1 aromatic rings. The van der Waals surface area contributed by atoms with Gasteiger partial charge < -0.3 is 18.9 Å². The van der Waals surface area contributed by atoms with Gasteiger partial charge in [0, 0.05) is 58.4 Å². The highest BCUT2D eigenvalue weighted by Gasteiger charge is 2.37. The average Bonchev–Trinajstić information content (AvgIpc) is 2.99. The summed E-state index contributed by atoms with van der Waals surface area (Å²) in [5, 5.41) is 0. The number of allylic oxidation sites excluding steroid dienone is 4. The fraction of sp³-hybridized carbons (Fsp3) is 0.588. The number of hydrogen-bond donors (Lipinski definition) is 0. The van der Waals surface area contributed by atoms with Crippen molar-refractivity contribution >= 4 is 0 Å². The topological polar surface area (TPSA) is 46.6 Å².